The third kappa shape index (κ3) is 4.02. The van der Waals surface area contributed by atoms with Crippen molar-refractivity contribution in [2.24, 2.45) is 0 Å². The normalized spacial score (nSPS) is 24.6. The first-order valence-corrected chi connectivity index (χ1v) is 7.57. The standard InChI is InChI=1S/C16H27N3/c1-4-7-18-16-6-9-19(14(3)10-16)12-15-11-17-8-5-13(15)2/h5,8,11,14,16,18H,4,6-7,9-10,12H2,1-3H3. The fourth-order valence-electron chi connectivity index (χ4n) is 2.87. The molecule has 1 fully saturated rings. The maximum Gasteiger partial charge on any atom is 0.0315 e. The highest BCUT2D eigenvalue weighted by molar-refractivity contribution is 5.21. The molecule has 3 nitrogen and oxygen atoms in total. The van der Waals surface area contributed by atoms with Crippen molar-refractivity contribution in [2.75, 3.05) is 13.1 Å². The molecule has 1 saturated heterocycles. The Labute approximate surface area is 117 Å². The molecule has 106 valence electrons. The Morgan fingerprint density at radius 2 is 2.32 bits per heavy atom. The average Bonchev–Trinajstić information content (AvgIpc) is 2.41. The van der Waals surface area contributed by atoms with Gasteiger partial charge in [-0.1, -0.05) is 6.92 Å². The quantitative estimate of drug-likeness (QED) is 0.883. The van der Waals surface area contributed by atoms with Crippen molar-refractivity contribution >= 4 is 0 Å². The van der Waals surface area contributed by atoms with Gasteiger partial charge in [0.2, 0.25) is 0 Å². The zero-order valence-electron chi connectivity index (χ0n) is 12.5. The molecule has 1 aromatic rings. The first kappa shape index (κ1) is 14.5. The molecule has 0 spiro atoms. The van der Waals surface area contributed by atoms with Crippen LogP contribution in [0.15, 0.2) is 18.5 Å². The fourth-order valence-corrected chi connectivity index (χ4v) is 2.87. The van der Waals surface area contributed by atoms with Crippen LogP contribution in [0.4, 0.5) is 0 Å². The molecule has 1 N–H and O–H groups in total. The third-order valence-electron chi connectivity index (χ3n) is 4.22. The molecule has 0 bridgehead atoms. The van der Waals surface area contributed by atoms with E-state index in [1.165, 1.54) is 36.9 Å². The van der Waals surface area contributed by atoms with E-state index in [9.17, 15) is 0 Å². The van der Waals surface area contributed by atoms with E-state index in [0.29, 0.717) is 12.1 Å². The van der Waals surface area contributed by atoms with Crippen molar-refractivity contribution in [3.63, 3.8) is 0 Å². The molecule has 3 heteroatoms. The summed E-state index contributed by atoms with van der Waals surface area (Å²) in [5, 5.41) is 3.66. The van der Waals surface area contributed by atoms with Crippen molar-refractivity contribution in [1.29, 1.82) is 0 Å². The topological polar surface area (TPSA) is 28.2 Å². The van der Waals surface area contributed by atoms with Crippen LogP contribution in [0.25, 0.3) is 0 Å². The van der Waals surface area contributed by atoms with E-state index in [0.717, 1.165) is 13.1 Å². The van der Waals surface area contributed by atoms with Gasteiger partial charge in [-0.15, -0.1) is 0 Å². The molecule has 0 radical (unpaired) electrons. The predicted octanol–water partition coefficient (Wildman–Crippen LogP) is 2.74. The highest BCUT2D eigenvalue weighted by Gasteiger charge is 2.25. The number of nitrogens with one attached hydrogen (secondary N) is 1. The second kappa shape index (κ2) is 7.01. The van der Waals surface area contributed by atoms with Crippen LogP contribution < -0.4 is 5.32 Å². The summed E-state index contributed by atoms with van der Waals surface area (Å²) in [4.78, 5) is 6.84. The van der Waals surface area contributed by atoms with Gasteiger partial charge in [0.15, 0.2) is 0 Å². The molecular weight excluding hydrogens is 234 g/mol. The van der Waals surface area contributed by atoms with Crippen LogP contribution in [-0.2, 0) is 6.54 Å². The second-order valence-electron chi connectivity index (χ2n) is 5.80. The summed E-state index contributed by atoms with van der Waals surface area (Å²) in [6.45, 7) is 10.1. The third-order valence-corrected chi connectivity index (χ3v) is 4.22. The van der Waals surface area contributed by atoms with Crippen molar-refractivity contribution in [2.45, 2.75) is 58.7 Å². The smallest absolute Gasteiger partial charge is 0.0315 e. The highest BCUT2D eigenvalue weighted by atomic mass is 15.2. The number of piperidine rings is 1. The van der Waals surface area contributed by atoms with Crippen LogP contribution in [-0.4, -0.2) is 35.1 Å². The van der Waals surface area contributed by atoms with E-state index in [4.69, 9.17) is 0 Å². The number of aromatic nitrogens is 1. The molecule has 0 saturated carbocycles. The summed E-state index contributed by atoms with van der Waals surface area (Å²) in [5.74, 6) is 0. The van der Waals surface area contributed by atoms with Gasteiger partial charge < -0.3 is 5.32 Å². The van der Waals surface area contributed by atoms with Crippen LogP contribution in [0.5, 0.6) is 0 Å². The van der Waals surface area contributed by atoms with E-state index >= 15 is 0 Å². The van der Waals surface area contributed by atoms with E-state index in [-0.39, 0.29) is 0 Å². The Kier molecular flexibility index (Phi) is 5.34. The van der Waals surface area contributed by atoms with Gasteiger partial charge in [-0.25, -0.2) is 0 Å². The molecule has 2 heterocycles. The number of nitrogens with zero attached hydrogens (tertiary/aromatic N) is 2. The van der Waals surface area contributed by atoms with Crippen LogP contribution in [0, 0.1) is 6.92 Å². The molecule has 0 amide bonds. The highest BCUT2D eigenvalue weighted by Crippen LogP contribution is 2.20. The monoisotopic (exact) mass is 261 g/mol. The maximum absolute atomic E-state index is 4.25. The van der Waals surface area contributed by atoms with Gasteiger partial charge in [-0.3, -0.25) is 9.88 Å². The molecule has 2 atom stereocenters. The lowest BCUT2D eigenvalue weighted by atomic mass is 9.97. The van der Waals surface area contributed by atoms with Crippen molar-refractivity contribution in [3.8, 4) is 0 Å². The van der Waals surface area contributed by atoms with Crippen LogP contribution in [0.3, 0.4) is 0 Å². The number of rotatable bonds is 5. The number of aryl methyl sites for hydroxylation is 1. The summed E-state index contributed by atoms with van der Waals surface area (Å²) >= 11 is 0. The number of hydrogen-bond donors (Lipinski definition) is 1. The van der Waals surface area contributed by atoms with Gasteiger partial charge in [0, 0.05) is 37.6 Å². The summed E-state index contributed by atoms with van der Waals surface area (Å²) in [7, 11) is 0. The number of likely N-dealkylation sites (tertiary alicyclic amines) is 1. The summed E-state index contributed by atoms with van der Waals surface area (Å²) in [5.41, 5.74) is 2.72. The minimum absolute atomic E-state index is 0.655. The SMILES string of the molecule is CCCNC1CCN(Cc2cnccc2C)C(C)C1. The Bertz CT molecular complexity index is 391. The summed E-state index contributed by atoms with van der Waals surface area (Å²) in [6.07, 6.45) is 7.65. The Hall–Kier alpha value is -0.930. The molecule has 2 unspecified atom stereocenters. The maximum atomic E-state index is 4.25. The van der Waals surface area contributed by atoms with E-state index in [1.807, 2.05) is 12.4 Å². The summed E-state index contributed by atoms with van der Waals surface area (Å²) < 4.78 is 0. The second-order valence-corrected chi connectivity index (χ2v) is 5.80. The van der Waals surface area contributed by atoms with Crippen LogP contribution in [0.2, 0.25) is 0 Å². The largest absolute Gasteiger partial charge is 0.314 e. The Balaban J connectivity index is 1.88. The predicted molar refractivity (Wildman–Crippen MR) is 80.2 cm³/mol. The van der Waals surface area contributed by atoms with Crippen molar-refractivity contribution in [1.82, 2.24) is 15.2 Å². The van der Waals surface area contributed by atoms with Gasteiger partial charge in [-0.2, -0.15) is 0 Å². The molecule has 1 aliphatic heterocycles. The fraction of sp³-hybridized carbons (Fsp3) is 0.688. The summed E-state index contributed by atoms with van der Waals surface area (Å²) in [6, 6.07) is 3.47. The first-order valence-electron chi connectivity index (χ1n) is 7.57. The van der Waals surface area contributed by atoms with Crippen LogP contribution >= 0.6 is 0 Å². The van der Waals surface area contributed by atoms with Gasteiger partial charge in [0.1, 0.15) is 0 Å². The zero-order chi connectivity index (χ0) is 13.7. The van der Waals surface area contributed by atoms with Crippen molar-refractivity contribution < 1.29 is 0 Å². The van der Waals surface area contributed by atoms with E-state index in [1.54, 1.807) is 0 Å². The Morgan fingerprint density at radius 1 is 1.47 bits per heavy atom. The number of pyridine rings is 1. The molecule has 1 aliphatic rings. The van der Waals surface area contributed by atoms with Gasteiger partial charge in [0.05, 0.1) is 0 Å². The molecule has 2 rings (SSSR count). The van der Waals surface area contributed by atoms with Crippen molar-refractivity contribution in [3.05, 3.63) is 29.6 Å². The molecule has 1 aromatic heterocycles. The molecule has 0 aliphatic carbocycles. The molecule has 19 heavy (non-hydrogen) atoms. The van der Waals surface area contributed by atoms with Gasteiger partial charge in [0.25, 0.3) is 0 Å². The number of hydrogen-bond acceptors (Lipinski definition) is 3. The average molecular weight is 261 g/mol. The van der Waals surface area contributed by atoms with Gasteiger partial charge >= 0.3 is 0 Å². The van der Waals surface area contributed by atoms with E-state index < -0.39 is 0 Å². The van der Waals surface area contributed by atoms with E-state index in [2.05, 4.69) is 42.0 Å². The molecule has 0 aromatic carbocycles. The lowest BCUT2D eigenvalue weighted by molar-refractivity contribution is 0.128. The molecular formula is C16H27N3. The Morgan fingerprint density at radius 3 is 3.00 bits per heavy atom. The lowest BCUT2D eigenvalue weighted by Crippen LogP contribution is -2.47. The van der Waals surface area contributed by atoms with Crippen LogP contribution in [0.1, 0.15) is 44.2 Å². The lowest BCUT2D eigenvalue weighted by Gasteiger charge is -2.38. The minimum Gasteiger partial charge on any atom is -0.314 e. The zero-order valence-corrected chi connectivity index (χ0v) is 12.5. The first-order chi connectivity index (χ1) is 9.20. The minimum atomic E-state index is 0.655. The van der Waals surface area contributed by atoms with Gasteiger partial charge in [-0.05, 0) is 56.8 Å².